The van der Waals surface area contributed by atoms with Gasteiger partial charge >= 0.3 is 19.8 Å². The maximum Gasteiger partial charge on any atom is 0.472 e. The van der Waals surface area contributed by atoms with Crippen LogP contribution < -0.4 is 5.73 Å². The summed E-state index contributed by atoms with van der Waals surface area (Å²) in [4.78, 5) is 34.9. The van der Waals surface area contributed by atoms with Gasteiger partial charge in [0.25, 0.3) is 0 Å². The second kappa shape index (κ2) is 47.2. The Kier molecular flexibility index (Phi) is 46.3. The van der Waals surface area contributed by atoms with E-state index in [1.807, 2.05) is 0 Å². The van der Waals surface area contributed by atoms with Gasteiger partial charge in [0.2, 0.25) is 0 Å². The molecule has 60 heavy (non-hydrogen) atoms. The molecule has 2 atom stereocenters. The highest BCUT2D eigenvalue weighted by Crippen LogP contribution is 2.43. The molecular formula is C50H98NO8P. The summed E-state index contributed by atoms with van der Waals surface area (Å²) < 4.78 is 32.8. The SMILES string of the molecule is CCCCCCCCCC/C=C\CCCCCCCCCCCCCCCCCCCC(=O)OC(COC(=O)CCCCCCCCCCCC)COP(=O)(O)OCCN. The van der Waals surface area contributed by atoms with E-state index in [9.17, 15) is 19.0 Å². The van der Waals surface area contributed by atoms with Gasteiger partial charge in [0.1, 0.15) is 6.61 Å². The van der Waals surface area contributed by atoms with Gasteiger partial charge in [-0.25, -0.2) is 4.57 Å². The summed E-state index contributed by atoms with van der Waals surface area (Å²) in [6, 6.07) is 0. The van der Waals surface area contributed by atoms with Gasteiger partial charge in [0.05, 0.1) is 13.2 Å². The van der Waals surface area contributed by atoms with Crippen molar-refractivity contribution in [2.75, 3.05) is 26.4 Å². The Morgan fingerprint density at radius 2 is 0.817 bits per heavy atom. The van der Waals surface area contributed by atoms with Gasteiger partial charge in [0, 0.05) is 19.4 Å². The van der Waals surface area contributed by atoms with Crippen molar-refractivity contribution < 1.29 is 37.6 Å². The van der Waals surface area contributed by atoms with Gasteiger partial charge < -0.3 is 20.1 Å². The molecular weight excluding hydrogens is 774 g/mol. The van der Waals surface area contributed by atoms with Gasteiger partial charge in [0.15, 0.2) is 6.10 Å². The molecule has 0 radical (unpaired) electrons. The number of rotatable bonds is 49. The van der Waals surface area contributed by atoms with E-state index in [2.05, 4.69) is 26.0 Å². The molecule has 0 rings (SSSR count). The van der Waals surface area contributed by atoms with Crippen LogP contribution in [0.4, 0.5) is 0 Å². The van der Waals surface area contributed by atoms with Gasteiger partial charge in [-0.2, -0.15) is 0 Å². The second-order valence-electron chi connectivity index (χ2n) is 17.4. The van der Waals surface area contributed by atoms with E-state index in [4.69, 9.17) is 24.3 Å². The lowest BCUT2D eigenvalue weighted by atomic mass is 10.0. The maximum atomic E-state index is 12.6. The van der Waals surface area contributed by atoms with Gasteiger partial charge in [-0.05, 0) is 38.5 Å². The minimum absolute atomic E-state index is 0.0570. The average Bonchev–Trinajstić information content (AvgIpc) is 3.24. The number of esters is 2. The Balaban J connectivity index is 3.85. The third-order valence-electron chi connectivity index (χ3n) is 11.4. The second-order valence-corrected chi connectivity index (χ2v) is 18.9. The van der Waals surface area contributed by atoms with Crippen LogP contribution in [0.5, 0.6) is 0 Å². The van der Waals surface area contributed by atoms with Crippen molar-refractivity contribution in [3.63, 3.8) is 0 Å². The molecule has 0 spiro atoms. The number of phosphoric ester groups is 1. The Morgan fingerprint density at radius 3 is 1.18 bits per heavy atom. The van der Waals surface area contributed by atoms with Gasteiger partial charge in [-0.3, -0.25) is 18.6 Å². The highest BCUT2D eigenvalue weighted by molar-refractivity contribution is 7.47. The number of ether oxygens (including phenoxy) is 2. The van der Waals surface area contributed by atoms with Crippen LogP contribution in [0.3, 0.4) is 0 Å². The van der Waals surface area contributed by atoms with Gasteiger partial charge in [-0.15, -0.1) is 0 Å². The highest BCUT2D eigenvalue weighted by Gasteiger charge is 2.26. The van der Waals surface area contributed by atoms with E-state index in [0.717, 1.165) is 32.1 Å². The molecule has 2 unspecified atom stereocenters. The van der Waals surface area contributed by atoms with E-state index >= 15 is 0 Å². The Labute approximate surface area is 370 Å². The van der Waals surface area contributed by atoms with Crippen molar-refractivity contribution in [1.29, 1.82) is 0 Å². The fraction of sp³-hybridized carbons (Fsp3) is 0.920. The first-order valence-electron chi connectivity index (χ1n) is 25.7. The quantitative estimate of drug-likeness (QED) is 0.0265. The summed E-state index contributed by atoms with van der Waals surface area (Å²) in [7, 11) is -4.37. The predicted molar refractivity (Wildman–Crippen MR) is 252 cm³/mol. The summed E-state index contributed by atoms with van der Waals surface area (Å²) in [5.41, 5.74) is 5.35. The molecule has 0 fully saturated rings. The number of allylic oxidation sites excluding steroid dienone is 2. The molecule has 0 aromatic heterocycles. The van der Waals surface area contributed by atoms with Crippen LogP contribution in [-0.4, -0.2) is 49.3 Å². The molecule has 0 aromatic rings. The van der Waals surface area contributed by atoms with Crippen LogP contribution in [-0.2, 0) is 32.7 Å². The first-order valence-corrected chi connectivity index (χ1v) is 27.2. The number of hydrogen-bond donors (Lipinski definition) is 2. The lowest BCUT2D eigenvalue weighted by molar-refractivity contribution is -0.161. The zero-order valence-corrected chi connectivity index (χ0v) is 40.4. The summed E-state index contributed by atoms with van der Waals surface area (Å²) >= 11 is 0. The molecule has 0 saturated heterocycles. The number of nitrogens with two attached hydrogens (primary N) is 1. The topological polar surface area (TPSA) is 134 Å². The summed E-state index contributed by atoms with van der Waals surface area (Å²) in [5, 5.41) is 0. The molecule has 9 nitrogen and oxygen atoms in total. The molecule has 0 bridgehead atoms. The first-order chi connectivity index (χ1) is 29.3. The molecule has 3 N–H and O–H groups in total. The molecule has 0 saturated carbocycles. The van der Waals surface area contributed by atoms with Crippen molar-refractivity contribution in [3.8, 4) is 0 Å². The summed E-state index contributed by atoms with van der Waals surface area (Å²) in [5.74, 6) is -0.816. The normalized spacial score (nSPS) is 13.2. The number of carbonyl (C=O) groups excluding carboxylic acids is 2. The molecule has 0 aliphatic carbocycles. The number of hydrogen-bond acceptors (Lipinski definition) is 8. The number of carbonyl (C=O) groups is 2. The predicted octanol–water partition coefficient (Wildman–Crippen LogP) is 15.3. The smallest absolute Gasteiger partial charge is 0.462 e. The van der Waals surface area contributed by atoms with E-state index in [1.165, 1.54) is 199 Å². The number of unbranched alkanes of at least 4 members (excludes halogenated alkanes) is 34. The molecule has 0 aliphatic heterocycles. The van der Waals surface area contributed by atoms with Crippen LogP contribution in [0.15, 0.2) is 12.2 Å². The third kappa shape index (κ3) is 46.3. The van der Waals surface area contributed by atoms with E-state index in [-0.39, 0.29) is 38.6 Å². The van der Waals surface area contributed by atoms with Crippen molar-refractivity contribution in [3.05, 3.63) is 12.2 Å². The zero-order chi connectivity index (χ0) is 43.9. The van der Waals surface area contributed by atoms with Crippen LogP contribution in [0.25, 0.3) is 0 Å². The van der Waals surface area contributed by atoms with E-state index in [0.29, 0.717) is 6.42 Å². The summed E-state index contributed by atoms with van der Waals surface area (Å²) in [6.07, 6.45) is 51.3. The van der Waals surface area contributed by atoms with Crippen LogP contribution >= 0.6 is 7.82 Å². The summed E-state index contributed by atoms with van der Waals surface area (Å²) in [6.45, 7) is 3.76. The largest absolute Gasteiger partial charge is 0.472 e. The highest BCUT2D eigenvalue weighted by atomic mass is 31.2. The lowest BCUT2D eigenvalue weighted by Crippen LogP contribution is -2.29. The lowest BCUT2D eigenvalue weighted by Gasteiger charge is -2.19. The molecule has 0 aromatic carbocycles. The Morgan fingerprint density at radius 1 is 0.483 bits per heavy atom. The van der Waals surface area contributed by atoms with Gasteiger partial charge in [-0.1, -0.05) is 225 Å². The minimum Gasteiger partial charge on any atom is -0.462 e. The van der Waals surface area contributed by atoms with Crippen molar-refractivity contribution >= 4 is 19.8 Å². The maximum absolute atomic E-state index is 12.6. The van der Waals surface area contributed by atoms with Crippen molar-refractivity contribution in [2.24, 2.45) is 5.73 Å². The van der Waals surface area contributed by atoms with Crippen LogP contribution in [0.2, 0.25) is 0 Å². The fourth-order valence-corrected chi connectivity index (χ4v) is 8.34. The van der Waals surface area contributed by atoms with E-state index < -0.39 is 26.5 Å². The standard InChI is InChI=1S/C50H98NO8P/c1-3-5-7-9-11-13-15-16-17-18-19-20-21-22-23-24-25-26-27-28-29-30-31-32-33-35-37-39-41-43-50(53)59-48(47-58-60(54,55)57-45-44-51)46-56-49(52)42-40-38-36-34-14-12-10-8-6-4-2/h18-19,48H,3-17,20-47,51H2,1-2H3,(H,54,55)/b19-18-. The third-order valence-corrected chi connectivity index (χ3v) is 12.4. The Bertz CT molecular complexity index is 995. The molecule has 0 aliphatic rings. The van der Waals surface area contributed by atoms with Crippen LogP contribution in [0, 0.1) is 0 Å². The zero-order valence-electron chi connectivity index (χ0n) is 39.5. The fourth-order valence-electron chi connectivity index (χ4n) is 7.57. The molecule has 356 valence electrons. The molecule has 0 amide bonds. The van der Waals surface area contributed by atoms with E-state index in [1.54, 1.807) is 0 Å². The average molecular weight is 872 g/mol. The molecule has 0 heterocycles. The molecule has 10 heteroatoms. The number of phosphoric acid groups is 1. The van der Waals surface area contributed by atoms with Crippen molar-refractivity contribution in [1.82, 2.24) is 0 Å². The van der Waals surface area contributed by atoms with Crippen molar-refractivity contribution in [2.45, 2.75) is 270 Å². The van der Waals surface area contributed by atoms with Crippen LogP contribution in [0.1, 0.15) is 264 Å². The first kappa shape index (κ1) is 58.8. The minimum atomic E-state index is -4.37. The monoisotopic (exact) mass is 872 g/mol. The Hall–Kier alpha value is -1.25.